The predicted octanol–water partition coefficient (Wildman–Crippen LogP) is 2.34. The maximum Gasteiger partial charge on any atom is 0.325 e. The van der Waals surface area contributed by atoms with Gasteiger partial charge in [0.2, 0.25) is 0 Å². The lowest BCUT2D eigenvalue weighted by molar-refractivity contribution is -0.145. The SMILES string of the molecule is O=C(O)CCn1cc([C@@H](C(=O)O)N2CCOCC2)c2ccc(Br)cc21. The molecule has 0 spiro atoms. The van der Waals surface area contributed by atoms with Gasteiger partial charge in [-0.05, 0) is 12.1 Å². The van der Waals surface area contributed by atoms with Crippen molar-refractivity contribution in [1.82, 2.24) is 9.47 Å². The Labute approximate surface area is 152 Å². The molecule has 1 aliphatic heterocycles. The number of carboxylic acids is 2. The summed E-state index contributed by atoms with van der Waals surface area (Å²) in [6.45, 7) is 2.41. The molecule has 2 N–H and O–H groups in total. The normalized spacial score (nSPS) is 16.8. The van der Waals surface area contributed by atoms with Crippen LogP contribution in [0.25, 0.3) is 10.9 Å². The first-order valence-electron chi connectivity index (χ1n) is 8.02. The molecule has 2 heterocycles. The van der Waals surface area contributed by atoms with Gasteiger partial charge in [0.05, 0.1) is 19.6 Å². The van der Waals surface area contributed by atoms with E-state index in [-0.39, 0.29) is 13.0 Å². The van der Waals surface area contributed by atoms with Gasteiger partial charge in [-0.2, -0.15) is 0 Å². The Hall–Kier alpha value is -1.90. The van der Waals surface area contributed by atoms with E-state index >= 15 is 0 Å². The van der Waals surface area contributed by atoms with E-state index in [0.717, 1.165) is 15.4 Å². The summed E-state index contributed by atoms with van der Waals surface area (Å²) in [5.74, 6) is -1.80. The lowest BCUT2D eigenvalue weighted by atomic mass is 10.0. The van der Waals surface area contributed by atoms with Gasteiger partial charge in [-0.15, -0.1) is 0 Å². The second-order valence-corrected chi connectivity index (χ2v) is 6.89. The highest BCUT2D eigenvalue weighted by atomic mass is 79.9. The molecule has 1 atom stereocenters. The molecule has 2 aromatic rings. The first-order chi connectivity index (χ1) is 12.0. The summed E-state index contributed by atoms with van der Waals surface area (Å²) in [6, 6.07) is 4.85. The zero-order chi connectivity index (χ0) is 18.0. The number of benzene rings is 1. The zero-order valence-electron chi connectivity index (χ0n) is 13.5. The minimum absolute atomic E-state index is 0.0228. The average Bonchev–Trinajstić information content (AvgIpc) is 2.91. The molecule has 0 unspecified atom stereocenters. The summed E-state index contributed by atoms with van der Waals surface area (Å²) >= 11 is 3.43. The van der Waals surface area contributed by atoms with E-state index in [4.69, 9.17) is 9.84 Å². The second-order valence-electron chi connectivity index (χ2n) is 5.97. The highest BCUT2D eigenvalue weighted by molar-refractivity contribution is 9.10. The van der Waals surface area contributed by atoms with Gasteiger partial charge in [0.25, 0.3) is 0 Å². The molecule has 1 aromatic carbocycles. The number of aryl methyl sites for hydroxylation is 1. The van der Waals surface area contributed by atoms with Crippen molar-refractivity contribution in [3.8, 4) is 0 Å². The van der Waals surface area contributed by atoms with Crippen LogP contribution < -0.4 is 0 Å². The molecule has 25 heavy (non-hydrogen) atoms. The molecular formula is C17H19BrN2O5. The molecule has 1 aliphatic rings. The zero-order valence-corrected chi connectivity index (χ0v) is 15.1. The molecule has 0 aliphatic carbocycles. The monoisotopic (exact) mass is 410 g/mol. The van der Waals surface area contributed by atoms with Crippen LogP contribution in [0.1, 0.15) is 18.0 Å². The first-order valence-corrected chi connectivity index (χ1v) is 8.81. The number of morpholine rings is 1. The Balaban J connectivity index is 2.06. The third-order valence-electron chi connectivity index (χ3n) is 4.38. The molecule has 7 nitrogen and oxygen atoms in total. The quantitative estimate of drug-likeness (QED) is 0.758. The highest BCUT2D eigenvalue weighted by Gasteiger charge is 2.31. The number of rotatable bonds is 6. The Bertz CT molecular complexity index is 798. The minimum Gasteiger partial charge on any atom is -0.481 e. The Morgan fingerprint density at radius 3 is 2.60 bits per heavy atom. The molecule has 3 rings (SSSR count). The molecule has 134 valence electrons. The fourth-order valence-electron chi connectivity index (χ4n) is 3.23. The van der Waals surface area contributed by atoms with Crippen molar-refractivity contribution in [2.24, 2.45) is 0 Å². The van der Waals surface area contributed by atoms with E-state index in [0.29, 0.717) is 31.9 Å². The van der Waals surface area contributed by atoms with Crippen molar-refractivity contribution in [3.63, 3.8) is 0 Å². The summed E-state index contributed by atoms with van der Waals surface area (Å²) in [5.41, 5.74) is 1.51. The molecule has 1 fully saturated rings. The number of ether oxygens (including phenoxy) is 1. The van der Waals surface area contributed by atoms with Gasteiger partial charge < -0.3 is 19.5 Å². The van der Waals surface area contributed by atoms with Crippen LogP contribution in [0.2, 0.25) is 0 Å². The third-order valence-corrected chi connectivity index (χ3v) is 4.87. The van der Waals surface area contributed by atoms with Gasteiger partial charge >= 0.3 is 11.9 Å². The average molecular weight is 411 g/mol. The molecule has 8 heteroatoms. The molecule has 1 saturated heterocycles. The van der Waals surface area contributed by atoms with Crippen molar-refractivity contribution >= 4 is 38.8 Å². The first kappa shape index (κ1) is 17.9. The maximum atomic E-state index is 12.0. The van der Waals surface area contributed by atoms with Gasteiger partial charge in [0.15, 0.2) is 0 Å². The van der Waals surface area contributed by atoms with E-state index < -0.39 is 18.0 Å². The molecule has 0 amide bonds. The largest absolute Gasteiger partial charge is 0.481 e. The predicted molar refractivity (Wildman–Crippen MR) is 94.7 cm³/mol. The third kappa shape index (κ3) is 3.86. The van der Waals surface area contributed by atoms with Gasteiger partial charge in [-0.25, -0.2) is 0 Å². The van der Waals surface area contributed by atoms with Crippen LogP contribution in [-0.2, 0) is 20.9 Å². The van der Waals surface area contributed by atoms with Gasteiger partial charge in [-0.3, -0.25) is 14.5 Å². The molecule has 0 saturated carbocycles. The fourth-order valence-corrected chi connectivity index (χ4v) is 3.58. The molecule has 0 radical (unpaired) electrons. The summed E-state index contributed by atoms with van der Waals surface area (Å²) in [7, 11) is 0. The van der Waals surface area contributed by atoms with Crippen molar-refractivity contribution in [2.75, 3.05) is 26.3 Å². The van der Waals surface area contributed by atoms with Crippen LogP contribution in [0.4, 0.5) is 0 Å². The van der Waals surface area contributed by atoms with Crippen LogP contribution in [0, 0.1) is 0 Å². The lowest BCUT2D eigenvalue weighted by Crippen LogP contribution is -2.42. The minimum atomic E-state index is -0.915. The number of hydrogen-bond donors (Lipinski definition) is 2. The summed E-state index contributed by atoms with van der Waals surface area (Å²) in [5, 5.41) is 19.6. The number of nitrogens with zero attached hydrogens (tertiary/aromatic N) is 2. The Morgan fingerprint density at radius 1 is 1.24 bits per heavy atom. The smallest absolute Gasteiger partial charge is 0.325 e. The van der Waals surface area contributed by atoms with Crippen molar-refractivity contribution in [3.05, 3.63) is 34.4 Å². The topological polar surface area (TPSA) is 92.0 Å². The van der Waals surface area contributed by atoms with E-state index in [1.807, 2.05) is 27.7 Å². The number of halogens is 1. The van der Waals surface area contributed by atoms with E-state index in [2.05, 4.69) is 15.9 Å². The van der Waals surface area contributed by atoms with Crippen LogP contribution >= 0.6 is 15.9 Å². The van der Waals surface area contributed by atoms with Gasteiger partial charge in [0, 0.05) is 46.8 Å². The lowest BCUT2D eigenvalue weighted by Gasteiger charge is -2.31. The Kier molecular flexibility index (Phi) is 5.41. The number of carbonyl (C=O) groups is 2. The number of carboxylic acid groups (broad SMARTS) is 2. The van der Waals surface area contributed by atoms with Crippen LogP contribution in [0.3, 0.4) is 0 Å². The Morgan fingerprint density at radius 2 is 1.96 bits per heavy atom. The molecule has 1 aromatic heterocycles. The highest BCUT2D eigenvalue weighted by Crippen LogP contribution is 2.32. The van der Waals surface area contributed by atoms with Crippen molar-refractivity contribution in [2.45, 2.75) is 19.0 Å². The van der Waals surface area contributed by atoms with E-state index in [1.165, 1.54) is 0 Å². The van der Waals surface area contributed by atoms with Crippen LogP contribution in [0.15, 0.2) is 28.9 Å². The van der Waals surface area contributed by atoms with Gasteiger partial charge in [0.1, 0.15) is 6.04 Å². The standard InChI is InChI=1S/C17H19BrN2O5/c18-11-1-2-12-13(10-20(14(12)9-11)4-3-15(21)22)16(17(23)24)19-5-7-25-8-6-19/h1-2,9-10,16H,3-8H2,(H,21,22)(H,23,24)/t16-/m0/s1. The summed E-state index contributed by atoms with van der Waals surface area (Å²) in [6.07, 6.45) is 1.75. The van der Waals surface area contributed by atoms with Crippen LogP contribution in [0.5, 0.6) is 0 Å². The molecular weight excluding hydrogens is 392 g/mol. The summed E-state index contributed by atoms with van der Waals surface area (Å²) in [4.78, 5) is 24.8. The number of hydrogen-bond acceptors (Lipinski definition) is 4. The second kappa shape index (κ2) is 7.55. The van der Waals surface area contributed by atoms with Crippen molar-refractivity contribution < 1.29 is 24.5 Å². The van der Waals surface area contributed by atoms with Crippen LogP contribution in [-0.4, -0.2) is 57.9 Å². The number of aromatic nitrogens is 1. The summed E-state index contributed by atoms with van der Waals surface area (Å²) < 4.78 is 8.01. The van der Waals surface area contributed by atoms with Crippen molar-refractivity contribution in [1.29, 1.82) is 0 Å². The number of fused-ring (bicyclic) bond motifs is 1. The fraction of sp³-hybridized carbons (Fsp3) is 0.412. The number of aliphatic carboxylic acids is 2. The van der Waals surface area contributed by atoms with E-state index in [9.17, 15) is 14.7 Å². The molecule has 0 bridgehead atoms. The van der Waals surface area contributed by atoms with E-state index in [1.54, 1.807) is 6.20 Å². The maximum absolute atomic E-state index is 12.0. The van der Waals surface area contributed by atoms with Gasteiger partial charge in [-0.1, -0.05) is 22.0 Å².